The second-order valence-corrected chi connectivity index (χ2v) is 6.11. The van der Waals surface area contributed by atoms with Crippen LogP contribution in [0.3, 0.4) is 0 Å². The van der Waals surface area contributed by atoms with E-state index in [0.717, 1.165) is 71.4 Å². The van der Waals surface area contributed by atoms with Crippen molar-refractivity contribution in [3.05, 3.63) is 0 Å². The summed E-state index contributed by atoms with van der Waals surface area (Å²) >= 11 is 0. The Morgan fingerprint density at radius 3 is 2.86 bits per heavy atom. The number of hydrogen-bond donors (Lipinski definition) is 1. The molecule has 1 atom stereocenters. The van der Waals surface area contributed by atoms with E-state index in [1.807, 2.05) is 6.92 Å². The largest absolute Gasteiger partial charge is 0.382 e. The Kier molecular flexibility index (Phi) is 9.66. The predicted octanol–water partition coefficient (Wildman–Crippen LogP) is 2.50. The predicted molar refractivity (Wildman–Crippen MR) is 101 cm³/mol. The number of halogens is 1. The highest BCUT2D eigenvalue weighted by Gasteiger charge is 2.42. The average molecular weight is 425 g/mol. The molecule has 0 radical (unpaired) electrons. The van der Waals surface area contributed by atoms with Crippen LogP contribution in [0.5, 0.6) is 0 Å². The summed E-state index contributed by atoms with van der Waals surface area (Å²) in [5.41, 5.74) is 0.394. The Hall–Kier alpha value is -0.0800. The van der Waals surface area contributed by atoms with Crippen LogP contribution < -0.4 is 5.32 Å². The number of unbranched alkanes of at least 4 members (excludes halogenated alkanes) is 1. The van der Waals surface area contributed by atoms with Crippen molar-refractivity contribution in [3.8, 4) is 0 Å². The summed E-state index contributed by atoms with van der Waals surface area (Å²) in [6, 6.07) is 0. The molecule has 0 aliphatic carbocycles. The van der Waals surface area contributed by atoms with Gasteiger partial charge in [0.2, 0.25) is 0 Å². The molecule has 2 aliphatic heterocycles. The zero-order valence-corrected chi connectivity index (χ0v) is 16.4. The first-order valence-electron chi connectivity index (χ1n) is 8.48. The number of nitrogens with zero attached hydrogens (tertiary/aromatic N) is 2. The van der Waals surface area contributed by atoms with Gasteiger partial charge in [-0.3, -0.25) is 4.99 Å². The first-order chi connectivity index (χ1) is 10.3. The van der Waals surface area contributed by atoms with Crippen molar-refractivity contribution < 1.29 is 9.47 Å². The first-order valence-corrected chi connectivity index (χ1v) is 8.48. The van der Waals surface area contributed by atoms with E-state index in [-0.39, 0.29) is 24.0 Å². The third-order valence-electron chi connectivity index (χ3n) is 4.42. The molecule has 0 bridgehead atoms. The van der Waals surface area contributed by atoms with Crippen molar-refractivity contribution in [2.45, 2.75) is 39.5 Å². The van der Waals surface area contributed by atoms with Gasteiger partial charge in [0.15, 0.2) is 5.96 Å². The Balaban J connectivity index is 0.00000242. The molecule has 0 aromatic carbocycles. The fraction of sp³-hybridized carbons (Fsp3) is 0.938. The zero-order chi connectivity index (χ0) is 15.0. The Bertz CT molecular complexity index is 333. The molecule has 2 heterocycles. The molecular weight excluding hydrogens is 393 g/mol. The van der Waals surface area contributed by atoms with E-state index in [0.29, 0.717) is 5.41 Å². The van der Waals surface area contributed by atoms with E-state index in [4.69, 9.17) is 14.5 Å². The van der Waals surface area contributed by atoms with Crippen LogP contribution in [-0.4, -0.2) is 63.5 Å². The second kappa shape index (κ2) is 10.6. The van der Waals surface area contributed by atoms with Gasteiger partial charge in [0.05, 0.1) is 6.61 Å². The van der Waals surface area contributed by atoms with Crippen molar-refractivity contribution in [3.63, 3.8) is 0 Å². The number of ether oxygens (including phenoxy) is 2. The normalized spacial score (nSPS) is 24.8. The zero-order valence-electron chi connectivity index (χ0n) is 14.1. The summed E-state index contributed by atoms with van der Waals surface area (Å²) < 4.78 is 11.0. The number of hydrogen-bond acceptors (Lipinski definition) is 3. The number of guanidine groups is 1. The molecule has 22 heavy (non-hydrogen) atoms. The lowest BCUT2D eigenvalue weighted by Crippen LogP contribution is -2.41. The van der Waals surface area contributed by atoms with E-state index >= 15 is 0 Å². The lowest BCUT2D eigenvalue weighted by atomic mass is 9.87. The van der Waals surface area contributed by atoms with Gasteiger partial charge in [-0.1, -0.05) is 0 Å². The molecule has 6 heteroatoms. The van der Waals surface area contributed by atoms with E-state index in [1.165, 1.54) is 12.8 Å². The van der Waals surface area contributed by atoms with Crippen LogP contribution in [0.4, 0.5) is 0 Å². The molecule has 1 unspecified atom stereocenters. The lowest BCUT2D eigenvalue weighted by Gasteiger charge is -2.25. The monoisotopic (exact) mass is 425 g/mol. The fourth-order valence-corrected chi connectivity index (χ4v) is 3.16. The molecule has 0 aromatic rings. The molecule has 2 rings (SSSR count). The number of likely N-dealkylation sites (tertiary alicyclic amines) is 1. The van der Waals surface area contributed by atoms with Crippen LogP contribution in [0.1, 0.15) is 39.5 Å². The topological polar surface area (TPSA) is 46.1 Å². The van der Waals surface area contributed by atoms with Gasteiger partial charge < -0.3 is 19.7 Å². The van der Waals surface area contributed by atoms with Crippen LogP contribution >= 0.6 is 24.0 Å². The third kappa shape index (κ3) is 5.85. The Morgan fingerprint density at radius 2 is 2.18 bits per heavy atom. The van der Waals surface area contributed by atoms with Crippen molar-refractivity contribution >= 4 is 29.9 Å². The fourth-order valence-electron chi connectivity index (χ4n) is 3.16. The van der Waals surface area contributed by atoms with Gasteiger partial charge in [-0.05, 0) is 39.5 Å². The molecule has 130 valence electrons. The molecule has 2 saturated heterocycles. The van der Waals surface area contributed by atoms with Gasteiger partial charge >= 0.3 is 0 Å². The number of nitrogens with one attached hydrogen (secondary N) is 1. The second-order valence-electron chi connectivity index (χ2n) is 6.11. The van der Waals surface area contributed by atoms with Gasteiger partial charge in [0.25, 0.3) is 0 Å². The Morgan fingerprint density at radius 1 is 1.32 bits per heavy atom. The summed E-state index contributed by atoms with van der Waals surface area (Å²) in [6.07, 6.45) is 4.63. The van der Waals surface area contributed by atoms with Crippen molar-refractivity contribution in [1.82, 2.24) is 10.2 Å². The molecule has 5 nitrogen and oxygen atoms in total. The third-order valence-corrected chi connectivity index (χ3v) is 4.42. The van der Waals surface area contributed by atoms with E-state index in [9.17, 15) is 0 Å². The van der Waals surface area contributed by atoms with Crippen LogP contribution in [0.15, 0.2) is 4.99 Å². The summed E-state index contributed by atoms with van der Waals surface area (Å²) in [4.78, 5) is 7.20. The van der Waals surface area contributed by atoms with E-state index in [2.05, 4.69) is 17.1 Å². The van der Waals surface area contributed by atoms with Crippen LogP contribution in [-0.2, 0) is 9.47 Å². The summed E-state index contributed by atoms with van der Waals surface area (Å²) in [7, 11) is 0. The molecule has 0 aromatic heterocycles. The van der Waals surface area contributed by atoms with Crippen molar-refractivity contribution in [1.29, 1.82) is 0 Å². The van der Waals surface area contributed by atoms with E-state index in [1.54, 1.807) is 0 Å². The first kappa shape index (κ1) is 20.0. The highest BCUT2D eigenvalue weighted by molar-refractivity contribution is 14.0. The molecular formula is C16H32IN3O2. The summed E-state index contributed by atoms with van der Waals surface area (Å²) in [5, 5.41) is 3.44. The molecule has 0 saturated carbocycles. The lowest BCUT2D eigenvalue weighted by molar-refractivity contribution is 0.144. The molecule has 1 N–H and O–H groups in total. The van der Waals surface area contributed by atoms with Crippen LogP contribution in [0.25, 0.3) is 0 Å². The number of aliphatic imine (C=N–C) groups is 1. The van der Waals surface area contributed by atoms with Gasteiger partial charge in [-0.15, -0.1) is 24.0 Å². The maximum absolute atomic E-state index is 5.61. The minimum atomic E-state index is 0. The van der Waals surface area contributed by atoms with Crippen LogP contribution in [0.2, 0.25) is 0 Å². The minimum absolute atomic E-state index is 0. The number of rotatable bonds is 7. The molecule has 2 fully saturated rings. The summed E-state index contributed by atoms with van der Waals surface area (Å²) in [6.45, 7) is 11.7. The quantitative estimate of drug-likeness (QED) is 0.295. The minimum Gasteiger partial charge on any atom is -0.382 e. The maximum Gasteiger partial charge on any atom is 0.193 e. The standard InChI is InChI=1S/C16H31N3O2.HI/c1-3-17-15(18-9-5-6-11-20-4-2)19-10-7-16(13-19)8-12-21-14-16;/h3-14H2,1-2H3,(H,17,18);1H. The SMILES string of the molecule is CCNC(=NCCCCOCC)N1CCC2(CCOC2)C1.I. The maximum atomic E-state index is 5.61. The highest BCUT2D eigenvalue weighted by Crippen LogP contribution is 2.38. The van der Waals surface area contributed by atoms with Gasteiger partial charge in [0, 0.05) is 51.4 Å². The highest BCUT2D eigenvalue weighted by atomic mass is 127. The van der Waals surface area contributed by atoms with Crippen molar-refractivity contribution in [2.24, 2.45) is 10.4 Å². The van der Waals surface area contributed by atoms with Crippen molar-refractivity contribution in [2.75, 3.05) is 52.6 Å². The van der Waals surface area contributed by atoms with E-state index < -0.39 is 0 Å². The summed E-state index contributed by atoms with van der Waals surface area (Å²) in [5.74, 6) is 1.08. The van der Waals surface area contributed by atoms with Gasteiger partial charge in [-0.2, -0.15) is 0 Å². The van der Waals surface area contributed by atoms with Gasteiger partial charge in [0.1, 0.15) is 0 Å². The molecule has 2 aliphatic rings. The molecule has 0 amide bonds. The Labute approximate surface area is 152 Å². The van der Waals surface area contributed by atoms with Crippen LogP contribution in [0, 0.1) is 5.41 Å². The average Bonchev–Trinajstić information content (AvgIpc) is 3.12. The smallest absolute Gasteiger partial charge is 0.193 e. The van der Waals surface area contributed by atoms with Gasteiger partial charge in [-0.25, -0.2) is 0 Å². The molecule has 1 spiro atoms.